The highest BCUT2D eigenvalue weighted by atomic mass is 79.9. The number of hydrogen-bond acceptors (Lipinski definition) is 4. The van der Waals surface area contributed by atoms with Gasteiger partial charge in [0.25, 0.3) is 0 Å². The fourth-order valence-electron chi connectivity index (χ4n) is 1.45. The molecule has 1 N–H and O–H groups in total. The number of thiazole rings is 1. The van der Waals surface area contributed by atoms with Crippen molar-refractivity contribution in [1.29, 1.82) is 0 Å². The van der Waals surface area contributed by atoms with E-state index in [0.29, 0.717) is 0 Å². The largest absolute Gasteiger partial charge is 0.356 e. The number of aromatic nitrogens is 2. The molecular weight excluding hydrogens is 286 g/mol. The summed E-state index contributed by atoms with van der Waals surface area (Å²) in [5.41, 5.74) is 2.38. The van der Waals surface area contributed by atoms with Crippen LogP contribution in [-0.4, -0.2) is 9.97 Å². The summed E-state index contributed by atoms with van der Waals surface area (Å²) in [5.74, 6) is 0. The first-order valence-electron chi connectivity index (χ1n) is 5.07. The van der Waals surface area contributed by atoms with Gasteiger partial charge in [0.05, 0.1) is 12.2 Å². The Bertz CT molecular complexity index is 470. The van der Waals surface area contributed by atoms with E-state index in [4.69, 9.17) is 0 Å². The van der Waals surface area contributed by atoms with Gasteiger partial charge in [-0.25, -0.2) is 4.98 Å². The minimum absolute atomic E-state index is 0.726. The van der Waals surface area contributed by atoms with Gasteiger partial charge in [-0.1, -0.05) is 13.0 Å². The monoisotopic (exact) mass is 297 g/mol. The number of halogens is 1. The van der Waals surface area contributed by atoms with Gasteiger partial charge in [-0.15, -0.1) is 11.3 Å². The van der Waals surface area contributed by atoms with Gasteiger partial charge in [0, 0.05) is 11.6 Å². The molecular formula is C11H12BrN3S. The zero-order valence-electron chi connectivity index (χ0n) is 8.90. The van der Waals surface area contributed by atoms with E-state index in [1.807, 2.05) is 17.6 Å². The average Bonchev–Trinajstić information content (AvgIpc) is 2.73. The maximum atomic E-state index is 4.37. The Morgan fingerprint density at radius 2 is 2.38 bits per heavy atom. The molecule has 0 aliphatic rings. The van der Waals surface area contributed by atoms with E-state index in [2.05, 4.69) is 44.2 Å². The van der Waals surface area contributed by atoms with Crippen LogP contribution in [0.5, 0.6) is 0 Å². The molecule has 0 unspecified atom stereocenters. The van der Waals surface area contributed by atoms with Gasteiger partial charge in [-0.3, -0.25) is 4.98 Å². The fraction of sp³-hybridized carbons (Fsp3) is 0.273. The topological polar surface area (TPSA) is 37.8 Å². The second-order valence-corrected chi connectivity index (χ2v) is 4.96. The standard InChI is InChI=1S/C11H12BrN3S/c1-2-8-4-3-5-13-9(8)6-14-11-15-10(12)7-16-11/h3-5,7H,2,6H2,1H3,(H,14,15). The number of aryl methyl sites for hydroxylation is 1. The molecule has 0 aliphatic carbocycles. The van der Waals surface area contributed by atoms with Crippen molar-refractivity contribution in [3.05, 3.63) is 39.6 Å². The van der Waals surface area contributed by atoms with E-state index in [-0.39, 0.29) is 0 Å². The lowest BCUT2D eigenvalue weighted by atomic mass is 10.1. The van der Waals surface area contributed by atoms with E-state index in [0.717, 1.165) is 28.4 Å². The normalized spacial score (nSPS) is 10.4. The van der Waals surface area contributed by atoms with Crippen molar-refractivity contribution in [3.8, 4) is 0 Å². The molecule has 16 heavy (non-hydrogen) atoms. The summed E-state index contributed by atoms with van der Waals surface area (Å²) in [6.07, 6.45) is 2.83. The Balaban J connectivity index is 2.04. The molecule has 3 nitrogen and oxygen atoms in total. The van der Waals surface area contributed by atoms with Gasteiger partial charge in [0.1, 0.15) is 4.60 Å². The lowest BCUT2D eigenvalue weighted by Gasteiger charge is -2.06. The van der Waals surface area contributed by atoms with Crippen molar-refractivity contribution in [2.75, 3.05) is 5.32 Å². The third kappa shape index (κ3) is 2.80. The first kappa shape index (κ1) is 11.5. The van der Waals surface area contributed by atoms with E-state index in [9.17, 15) is 0 Å². The Kier molecular flexibility index (Phi) is 3.90. The Morgan fingerprint density at radius 1 is 1.50 bits per heavy atom. The molecule has 0 saturated heterocycles. The molecule has 0 fully saturated rings. The van der Waals surface area contributed by atoms with E-state index >= 15 is 0 Å². The van der Waals surface area contributed by atoms with E-state index < -0.39 is 0 Å². The predicted molar refractivity (Wildman–Crippen MR) is 70.8 cm³/mol. The molecule has 2 aromatic heterocycles. The van der Waals surface area contributed by atoms with Gasteiger partial charge in [0.15, 0.2) is 5.13 Å². The zero-order valence-corrected chi connectivity index (χ0v) is 11.3. The summed E-state index contributed by atoms with van der Waals surface area (Å²) in [6.45, 7) is 2.87. The first-order chi connectivity index (χ1) is 7.79. The highest BCUT2D eigenvalue weighted by Gasteiger charge is 2.03. The van der Waals surface area contributed by atoms with E-state index in [1.165, 1.54) is 5.56 Å². The molecule has 0 radical (unpaired) electrons. The van der Waals surface area contributed by atoms with Crippen LogP contribution in [0.25, 0.3) is 0 Å². The van der Waals surface area contributed by atoms with Crippen LogP contribution in [0.1, 0.15) is 18.2 Å². The minimum Gasteiger partial charge on any atom is -0.356 e. The molecule has 0 bridgehead atoms. The number of hydrogen-bond donors (Lipinski definition) is 1. The molecule has 2 heterocycles. The maximum Gasteiger partial charge on any atom is 0.184 e. The highest BCUT2D eigenvalue weighted by Crippen LogP contribution is 2.20. The Morgan fingerprint density at radius 3 is 3.06 bits per heavy atom. The second kappa shape index (κ2) is 5.41. The molecule has 2 aromatic rings. The number of pyridine rings is 1. The van der Waals surface area contributed by atoms with Gasteiger partial charge in [0.2, 0.25) is 0 Å². The average molecular weight is 298 g/mol. The smallest absolute Gasteiger partial charge is 0.184 e. The molecule has 2 rings (SSSR count). The van der Waals surface area contributed by atoms with E-state index in [1.54, 1.807) is 11.3 Å². The molecule has 0 amide bonds. The van der Waals surface area contributed by atoms with Crippen LogP contribution < -0.4 is 5.32 Å². The Labute approximate surface area is 107 Å². The quantitative estimate of drug-likeness (QED) is 0.939. The van der Waals surface area contributed by atoms with Crippen molar-refractivity contribution < 1.29 is 0 Å². The van der Waals surface area contributed by atoms with Crippen LogP contribution >= 0.6 is 27.3 Å². The molecule has 5 heteroatoms. The number of rotatable bonds is 4. The van der Waals surface area contributed by atoms with Crippen LogP contribution in [0, 0.1) is 0 Å². The first-order valence-corrected chi connectivity index (χ1v) is 6.74. The van der Waals surface area contributed by atoms with Crippen LogP contribution in [0.4, 0.5) is 5.13 Å². The number of anilines is 1. The zero-order chi connectivity index (χ0) is 11.4. The van der Waals surface area contributed by atoms with Gasteiger partial charge < -0.3 is 5.32 Å². The summed E-state index contributed by atoms with van der Waals surface area (Å²) in [7, 11) is 0. The molecule has 0 aliphatic heterocycles. The SMILES string of the molecule is CCc1cccnc1CNc1nc(Br)cs1. The molecule has 0 spiro atoms. The van der Waals surface area contributed by atoms with Crippen molar-refractivity contribution in [2.45, 2.75) is 19.9 Å². The summed E-state index contributed by atoms with van der Waals surface area (Å²) < 4.78 is 0.872. The lowest BCUT2D eigenvalue weighted by molar-refractivity contribution is 0.969. The maximum absolute atomic E-state index is 4.37. The predicted octanol–water partition coefficient (Wildman–Crippen LogP) is 3.48. The fourth-order valence-corrected chi connectivity index (χ4v) is 2.59. The van der Waals surface area contributed by atoms with Gasteiger partial charge >= 0.3 is 0 Å². The number of nitrogens with zero attached hydrogens (tertiary/aromatic N) is 2. The Hall–Kier alpha value is -0.940. The summed E-state index contributed by atoms with van der Waals surface area (Å²) >= 11 is 4.92. The molecule has 84 valence electrons. The van der Waals surface area contributed by atoms with Crippen LogP contribution in [0.2, 0.25) is 0 Å². The molecule has 0 aromatic carbocycles. The van der Waals surface area contributed by atoms with Crippen LogP contribution in [0.15, 0.2) is 28.3 Å². The summed E-state index contributed by atoms with van der Waals surface area (Å²) in [6, 6.07) is 4.09. The minimum atomic E-state index is 0.726. The van der Waals surface area contributed by atoms with Crippen molar-refractivity contribution in [1.82, 2.24) is 9.97 Å². The molecule has 0 saturated carbocycles. The van der Waals surface area contributed by atoms with Crippen molar-refractivity contribution in [2.24, 2.45) is 0 Å². The lowest BCUT2D eigenvalue weighted by Crippen LogP contribution is -2.04. The third-order valence-corrected chi connectivity index (χ3v) is 3.76. The second-order valence-electron chi connectivity index (χ2n) is 3.29. The van der Waals surface area contributed by atoms with Gasteiger partial charge in [-0.05, 0) is 34.0 Å². The molecule has 0 atom stereocenters. The van der Waals surface area contributed by atoms with Crippen molar-refractivity contribution in [3.63, 3.8) is 0 Å². The number of nitrogens with one attached hydrogen (secondary N) is 1. The summed E-state index contributed by atoms with van der Waals surface area (Å²) in [4.78, 5) is 8.65. The van der Waals surface area contributed by atoms with Gasteiger partial charge in [-0.2, -0.15) is 0 Å². The third-order valence-electron chi connectivity index (χ3n) is 2.25. The summed E-state index contributed by atoms with van der Waals surface area (Å²) in [5, 5.41) is 6.15. The van der Waals surface area contributed by atoms with Crippen LogP contribution in [0.3, 0.4) is 0 Å². The van der Waals surface area contributed by atoms with Crippen LogP contribution in [-0.2, 0) is 13.0 Å². The van der Waals surface area contributed by atoms with Crippen molar-refractivity contribution >= 4 is 32.4 Å². The highest BCUT2D eigenvalue weighted by molar-refractivity contribution is 9.10.